The van der Waals surface area contributed by atoms with Gasteiger partial charge in [0.2, 0.25) is 0 Å². The van der Waals surface area contributed by atoms with Crippen LogP contribution in [0.25, 0.3) is 6.08 Å². The molecule has 0 spiro atoms. The van der Waals surface area contributed by atoms with E-state index in [1.165, 1.54) is 0 Å². The molecule has 1 aliphatic rings. The van der Waals surface area contributed by atoms with Gasteiger partial charge in [-0.05, 0) is 41.5 Å². The summed E-state index contributed by atoms with van der Waals surface area (Å²) in [5, 5.41) is 3.27. The summed E-state index contributed by atoms with van der Waals surface area (Å²) < 4.78 is 31.3. The van der Waals surface area contributed by atoms with Crippen LogP contribution in [0, 0.1) is 0 Å². The molecular weight excluding hydrogens is 286 g/mol. The van der Waals surface area contributed by atoms with Crippen LogP contribution in [0.4, 0.5) is 11.4 Å². The van der Waals surface area contributed by atoms with Gasteiger partial charge in [-0.2, -0.15) is 8.42 Å². The van der Waals surface area contributed by atoms with E-state index in [4.69, 9.17) is 4.55 Å². The van der Waals surface area contributed by atoms with Gasteiger partial charge >= 0.3 is 0 Å². The topological polar surface area (TPSA) is 66.4 Å². The SMILES string of the molecule is O=S(=O)(O)C1=C=Cc2cc(Nc3ccccc3)ccc2C1. The fraction of sp³-hybridized carbons (Fsp3) is 0.0625. The van der Waals surface area contributed by atoms with Gasteiger partial charge in [-0.25, -0.2) is 0 Å². The van der Waals surface area contributed by atoms with E-state index in [0.717, 1.165) is 22.5 Å². The number of fused-ring (bicyclic) bond motifs is 1. The van der Waals surface area contributed by atoms with Crippen molar-refractivity contribution >= 4 is 27.6 Å². The van der Waals surface area contributed by atoms with Gasteiger partial charge in [-0.15, -0.1) is 5.73 Å². The Morgan fingerprint density at radius 1 is 1.05 bits per heavy atom. The monoisotopic (exact) mass is 299 g/mol. The maximum absolute atomic E-state index is 11.1. The van der Waals surface area contributed by atoms with Crippen molar-refractivity contribution < 1.29 is 13.0 Å². The number of benzene rings is 2. The van der Waals surface area contributed by atoms with E-state index < -0.39 is 10.1 Å². The average Bonchev–Trinajstić information content (AvgIpc) is 2.47. The second-order valence-corrected chi connectivity index (χ2v) is 6.21. The van der Waals surface area contributed by atoms with Gasteiger partial charge < -0.3 is 5.32 Å². The lowest BCUT2D eigenvalue weighted by Crippen LogP contribution is -2.07. The molecule has 106 valence electrons. The van der Waals surface area contributed by atoms with E-state index in [1.807, 2.05) is 48.5 Å². The minimum absolute atomic E-state index is 0.0984. The van der Waals surface area contributed by atoms with Gasteiger partial charge in [0, 0.05) is 17.8 Å². The molecule has 2 aromatic carbocycles. The van der Waals surface area contributed by atoms with Crippen molar-refractivity contribution in [1.82, 2.24) is 0 Å². The molecule has 0 unspecified atom stereocenters. The zero-order chi connectivity index (χ0) is 14.9. The summed E-state index contributed by atoms with van der Waals surface area (Å²) in [5.41, 5.74) is 6.26. The van der Waals surface area contributed by atoms with Gasteiger partial charge in [-0.1, -0.05) is 24.3 Å². The summed E-state index contributed by atoms with van der Waals surface area (Å²) in [6.07, 6.45) is 1.74. The molecule has 0 atom stereocenters. The second kappa shape index (κ2) is 5.22. The van der Waals surface area contributed by atoms with Gasteiger partial charge in [0.05, 0.1) is 0 Å². The number of allylic oxidation sites excluding steroid dienone is 1. The van der Waals surface area contributed by atoms with Crippen molar-refractivity contribution in [2.45, 2.75) is 6.42 Å². The maximum atomic E-state index is 11.1. The lowest BCUT2D eigenvalue weighted by molar-refractivity contribution is 0.490. The number of rotatable bonds is 3. The summed E-state index contributed by atoms with van der Waals surface area (Å²) in [7, 11) is -4.17. The highest BCUT2D eigenvalue weighted by Crippen LogP contribution is 2.26. The highest BCUT2D eigenvalue weighted by molar-refractivity contribution is 7.89. The van der Waals surface area contributed by atoms with Crippen LogP contribution in [0.5, 0.6) is 0 Å². The first-order chi connectivity index (χ1) is 10.0. The van der Waals surface area contributed by atoms with Gasteiger partial charge in [-0.3, -0.25) is 4.55 Å². The Labute approximate surface area is 123 Å². The summed E-state index contributed by atoms with van der Waals surface area (Å²) in [4.78, 5) is -0.0984. The standard InChI is InChI=1S/C16H13NO3S/c18-21(19,20)16-9-7-12-10-15(8-6-13(12)11-16)17-14-4-2-1-3-5-14/h1-8,10,17H,11H2,(H,18,19,20). The number of hydrogen-bond donors (Lipinski definition) is 2. The van der Waals surface area contributed by atoms with Crippen molar-refractivity contribution in [3.8, 4) is 0 Å². The number of para-hydroxylation sites is 1. The number of nitrogens with one attached hydrogen (secondary N) is 1. The number of anilines is 2. The first-order valence-electron chi connectivity index (χ1n) is 6.40. The molecule has 2 aromatic rings. The highest BCUT2D eigenvalue weighted by atomic mass is 32.2. The molecule has 0 saturated heterocycles. The predicted octanol–water partition coefficient (Wildman–Crippen LogP) is 3.37. The summed E-state index contributed by atoms with van der Waals surface area (Å²) in [5.74, 6) is 0. The van der Waals surface area contributed by atoms with E-state index >= 15 is 0 Å². The highest BCUT2D eigenvalue weighted by Gasteiger charge is 2.18. The van der Waals surface area contributed by atoms with Crippen LogP contribution in [0.3, 0.4) is 0 Å². The van der Waals surface area contributed by atoms with Crippen LogP contribution in [0.1, 0.15) is 11.1 Å². The van der Waals surface area contributed by atoms with E-state index in [0.29, 0.717) is 0 Å². The van der Waals surface area contributed by atoms with Crippen LogP contribution in [-0.4, -0.2) is 13.0 Å². The third-order valence-corrected chi connectivity index (χ3v) is 4.14. The van der Waals surface area contributed by atoms with Gasteiger partial charge in [0.1, 0.15) is 4.91 Å². The smallest absolute Gasteiger partial charge is 0.298 e. The summed E-state index contributed by atoms with van der Waals surface area (Å²) in [6, 6.07) is 15.4. The molecule has 0 bridgehead atoms. The Morgan fingerprint density at radius 3 is 2.52 bits per heavy atom. The molecule has 3 rings (SSSR count). The van der Waals surface area contributed by atoms with Crippen LogP contribution < -0.4 is 5.32 Å². The fourth-order valence-electron chi connectivity index (χ4n) is 2.20. The normalized spacial score (nSPS) is 13.5. The summed E-state index contributed by atoms with van der Waals surface area (Å²) >= 11 is 0. The lowest BCUT2D eigenvalue weighted by atomic mass is 10.0. The second-order valence-electron chi connectivity index (χ2n) is 4.77. The maximum Gasteiger partial charge on any atom is 0.298 e. The minimum Gasteiger partial charge on any atom is -0.356 e. The molecule has 4 nitrogen and oxygen atoms in total. The zero-order valence-electron chi connectivity index (χ0n) is 11.1. The third kappa shape index (κ3) is 3.06. The molecule has 0 radical (unpaired) electrons. The number of hydrogen-bond acceptors (Lipinski definition) is 3. The first kappa shape index (κ1) is 13.6. The largest absolute Gasteiger partial charge is 0.356 e. The van der Waals surface area contributed by atoms with Crippen LogP contribution >= 0.6 is 0 Å². The van der Waals surface area contributed by atoms with E-state index in [2.05, 4.69) is 11.0 Å². The molecule has 0 heterocycles. The molecule has 5 heteroatoms. The van der Waals surface area contributed by atoms with Crippen LogP contribution in [0.15, 0.2) is 59.2 Å². The van der Waals surface area contributed by atoms with Crippen LogP contribution in [0.2, 0.25) is 0 Å². The Balaban J connectivity index is 1.92. The Hall–Kier alpha value is -2.33. The quantitative estimate of drug-likeness (QED) is 0.673. The zero-order valence-corrected chi connectivity index (χ0v) is 11.9. The average molecular weight is 299 g/mol. The molecule has 0 saturated carbocycles. The van der Waals surface area contributed by atoms with Gasteiger partial charge in [0.15, 0.2) is 0 Å². The van der Waals surface area contributed by atoms with Crippen molar-refractivity contribution in [3.05, 3.63) is 70.3 Å². The lowest BCUT2D eigenvalue weighted by Gasteiger charge is -2.13. The van der Waals surface area contributed by atoms with Crippen molar-refractivity contribution in [1.29, 1.82) is 0 Å². The Kier molecular flexibility index (Phi) is 3.39. The molecule has 1 aliphatic carbocycles. The molecule has 0 amide bonds. The Bertz CT molecular complexity index is 848. The van der Waals surface area contributed by atoms with E-state index in [9.17, 15) is 8.42 Å². The molecule has 0 aliphatic heterocycles. The predicted molar refractivity (Wildman–Crippen MR) is 82.9 cm³/mol. The first-order valence-corrected chi connectivity index (χ1v) is 7.84. The van der Waals surface area contributed by atoms with Crippen molar-refractivity contribution in [3.63, 3.8) is 0 Å². The van der Waals surface area contributed by atoms with Crippen molar-refractivity contribution in [2.24, 2.45) is 0 Å². The molecule has 2 N–H and O–H groups in total. The fourth-order valence-corrected chi connectivity index (χ4v) is 2.75. The minimum atomic E-state index is -4.17. The van der Waals surface area contributed by atoms with E-state index in [1.54, 1.807) is 6.08 Å². The van der Waals surface area contributed by atoms with Gasteiger partial charge in [0.25, 0.3) is 10.1 Å². The Morgan fingerprint density at radius 2 is 1.81 bits per heavy atom. The van der Waals surface area contributed by atoms with Crippen LogP contribution in [-0.2, 0) is 16.5 Å². The van der Waals surface area contributed by atoms with E-state index in [-0.39, 0.29) is 11.3 Å². The molecule has 0 fully saturated rings. The third-order valence-electron chi connectivity index (χ3n) is 3.26. The molecule has 0 aromatic heterocycles. The van der Waals surface area contributed by atoms with Crippen molar-refractivity contribution in [2.75, 3.05) is 5.32 Å². The molecule has 21 heavy (non-hydrogen) atoms. The molecular formula is C16H13NO3S. The summed E-state index contributed by atoms with van der Waals surface area (Å²) in [6.45, 7) is 0.